The maximum Gasteiger partial charge on any atom is 0.243 e. The average Bonchev–Trinajstić information content (AvgIpc) is 3.11. The number of rotatable bonds is 9. The molecule has 6 nitrogen and oxygen atoms in total. The molecule has 0 atom stereocenters. The van der Waals surface area contributed by atoms with E-state index in [1.165, 1.54) is 11.1 Å². The van der Waals surface area contributed by atoms with Crippen LogP contribution in [0.1, 0.15) is 36.5 Å². The molecule has 1 heterocycles. The minimum absolute atomic E-state index is 0.575. The molecule has 0 aliphatic rings. The number of ether oxygens (including phenoxy) is 1. The second kappa shape index (κ2) is 8.99. The first-order valence-corrected chi connectivity index (χ1v) is 9.02. The number of aryl methyl sites for hydroxylation is 2. The molecule has 3 aromatic rings. The van der Waals surface area contributed by atoms with Gasteiger partial charge in [0.25, 0.3) is 0 Å². The van der Waals surface area contributed by atoms with Gasteiger partial charge in [0.05, 0.1) is 0 Å². The van der Waals surface area contributed by atoms with E-state index in [0.717, 1.165) is 30.7 Å². The van der Waals surface area contributed by atoms with Gasteiger partial charge in [-0.05, 0) is 47.0 Å². The van der Waals surface area contributed by atoms with Crippen molar-refractivity contribution < 1.29 is 4.74 Å². The molecular formula is C20H25N5O. The van der Waals surface area contributed by atoms with Gasteiger partial charge in [-0.15, -0.1) is 0 Å². The van der Waals surface area contributed by atoms with Crippen molar-refractivity contribution in [3.8, 4) is 5.75 Å². The van der Waals surface area contributed by atoms with Gasteiger partial charge in [0, 0.05) is 13.1 Å². The van der Waals surface area contributed by atoms with Crippen LogP contribution in [0.5, 0.6) is 5.75 Å². The van der Waals surface area contributed by atoms with E-state index in [1.807, 2.05) is 16.8 Å². The lowest BCUT2D eigenvalue weighted by molar-refractivity contribution is 0.306. The molecule has 1 aromatic heterocycles. The summed E-state index contributed by atoms with van der Waals surface area (Å²) >= 11 is 0. The molecule has 0 bridgehead atoms. The Morgan fingerprint density at radius 2 is 1.92 bits per heavy atom. The van der Waals surface area contributed by atoms with Crippen molar-refractivity contribution in [3.05, 3.63) is 65.2 Å². The van der Waals surface area contributed by atoms with Crippen LogP contribution in [0, 0.1) is 6.92 Å². The van der Waals surface area contributed by atoms with Gasteiger partial charge in [0.1, 0.15) is 12.4 Å². The molecule has 0 aliphatic heterocycles. The summed E-state index contributed by atoms with van der Waals surface area (Å²) in [4.78, 5) is 0. The Morgan fingerprint density at radius 1 is 1.08 bits per heavy atom. The fraction of sp³-hybridized carbons (Fsp3) is 0.350. The van der Waals surface area contributed by atoms with E-state index in [9.17, 15) is 0 Å². The molecule has 0 radical (unpaired) electrons. The summed E-state index contributed by atoms with van der Waals surface area (Å²) < 4.78 is 7.67. The molecule has 3 rings (SSSR count). The molecule has 0 spiro atoms. The van der Waals surface area contributed by atoms with Gasteiger partial charge >= 0.3 is 0 Å². The highest BCUT2D eigenvalue weighted by Crippen LogP contribution is 2.15. The smallest absolute Gasteiger partial charge is 0.243 e. The summed E-state index contributed by atoms with van der Waals surface area (Å²) in [6, 6.07) is 16.5. The number of unbranched alkanes of at least 4 members (excludes halogenated alkanes) is 1. The van der Waals surface area contributed by atoms with Crippen LogP contribution in [0.3, 0.4) is 0 Å². The summed E-state index contributed by atoms with van der Waals surface area (Å²) in [5.74, 6) is 1.57. The third-order valence-corrected chi connectivity index (χ3v) is 4.12. The van der Waals surface area contributed by atoms with Crippen molar-refractivity contribution in [2.75, 3.05) is 5.32 Å². The van der Waals surface area contributed by atoms with Crippen molar-refractivity contribution in [2.24, 2.45) is 0 Å². The van der Waals surface area contributed by atoms with Crippen molar-refractivity contribution in [1.29, 1.82) is 0 Å². The quantitative estimate of drug-likeness (QED) is 0.632. The summed E-state index contributed by atoms with van der Waals surface area (Å²) in [5.41, 5.74) is 3.57. The third-order valence-electron chi connectivity index (χ3n) is 4.12. The van der Waals surface area contributed by atoms with Gasteiger partial charge in [0.15, 0.2) is 0 Å². The molecule has 2 aromatic carbocycles. The molecule has 0 saturated carbocycles. The molecule has 0 fully saturated rings. The van der Waals surface area contributed by atoms with Crippen LogP contribution in [-0.2, 0) is 19.7 Å². The van der Waals surface area contributed by atoms with Gasteiger partial charge in [-0.1, -0.05) is 60.4 Å². The minimum Gasteiger partial charge on any atom is -0.489 e. The Labute approximate surface area is 154 Å². The van der Waals surface area contributed by atoms with Gasteiger partial charge in [-0.3, -0.25) is 0 Å². The van der Waals surface area contributed by atoms with Gasteiger partial charge in [-0.2, -0.15) is 0 Å². The van der Waals surface area contributed by atoms with Crippen molar-refractivity contribution >= 4 is 5.95 Å². The zero-order valence-corrected chi connectivity index (χ0v) is 15.4. The SMILES string of the molecule is CCCCn1nnnc1NCc1ccc(OCc2cccc(C)c2)cc1. The monoisotopic (exact) mass is 351 g/mol. The number of nitrogens with one attached hydrogen (secondary N) is 1. The first kappa shape index (κ1) is 17.9. The van der Waals surface area contributed by atoms with Crippen LogP contribution in [0.4, 0.5) is 5.95 Å². The number of anilines is 1. The lowest BCUT2D eigenvalue weighted by Crippen LogP contribution is -2.09. The fourth-order valence-electron chi connectivity index (χ4n) is 2.64. The van der Waals surface area contributed by atoms with Gasteiger partial charge in [-0.25, -0.2) is 4.68 Å². The van der Waals surface area contributed by atoms with Crippen molar-refractivity contribution in [3.63, 3.8) is 0 Å². The number of tetrazole rings is 1. The van der Waals surface area contributed by atoms with Crippen LogP contribution in [0.15, 0.2) is 48.5 Å². The zero-order valence-electron chi connectivity index (χ0n) is 15.4. The van der Waals surface area contributed by atoms with Crippen LogP contribution in [0.25, 0.3) is 0 Å². The minimum atomic E-state index is 0.575. The molecule has 1 N–H and O–H groups in total. The number of hydrogen-bond acceptors (Lipinski definition) is 5. The predicted molar refractivity (Wildman–Crippen MR) is 102 cm³/mol. The largest absolute Gasteiger partial charge is 0.489 e. The standard InChI is InChI=1S/C20H25N5O/c1-3-4-12-25-20(22-23-24-25)21-14-17-8-10-19(11-9-17)26-15-18-7-5-6-16(2)13-18/h5-11,13H,3-4,12,14-15H2,1-2H3,(H,21,22,24). The van der Waals surface area contributed by atoms with Gasteiger partial charge < -0.3 is 10.1 Å². The van der Waals surface area contributed by atoms with E-state index in [1.54, 1.807) is 0 Å². The molecule has 0 saturated heterocycles. The zero-order chi connectivity index (χ0) is 18.2. The van der Waals surface area contributed by atoms with Gasteiger partial charge in [0.2, 0.25) is 5.95 Å². The van der Waals surface area contributed by atoms with E-state index < -0.39 is 0 Å². The molecule has 26 heavy (non-hydrogen) atoms. The lowest BCUT2D eigenvalue weighted by Gasteiger charge is -2.09. The van der Waals surface area contributed by atoms with E-state index in [-0.39, 0.29) is 0 Å². The number of benzene rings is 2. The van der Waals surface area contributed by atoms with Crippen LogP contribution < -0.4 is 10.1 Å². The first-order chi connectivity index (χ1) is 12.7. The second-order valence-corrected chi connectivity index (χ2v) is 6.35. The lowest BCUT2D eigenvalue weighted by atomic mass is 10.1. The Bertz CT molecular complexity index is 813. The number of hydrogen-bond donors (Lipinski definition) is 1. The maximum absolute atomic E-state index is 5.86. The van der Waals surface area contributed by atoms with Crippen molar-refractivity contribution in [1.82, 2.24) is 20.2 Å². The predicted octanol–water partition coefficient (Wildman–Crippen LogP) is 3.97. The summed E-state index contributed by atoms with van der Waals surface area (Å²) in [6.45, 7) is 6.32. The Kier molecular flexibility index (Phi) is 6.19. The second-order valence-electron chi connectivity index (χ2n) is 6.35. The third kappa shape index (κ3) is 5.05. The normalized spacial score (nSPS) is 10.7. The highest BCUT2D eigenvalue weighted by atomic mass is 16.5. The van der Waals surface area contributed by atoms with E-state index >= 15 is 0 Å². The Morgan fingerprint density at radius 3 is 2.69 bits per heavy atom. The average molecular weight is 351 g/mol. The maximum atomic E-state index is 5.86. The highest BCUT2D eigenvalue weighted by molar-refractivity contribution is 5.31. The summed E-state index contributed by atoms with van der Waals surface area (Å²) in [5, 5.41) is 15.1. The molecule has 136 valence electrons. The fourth-order valence-corrected chi connectivity index (χ4v) is 2.64. The van der Waals surface area contributed by atoms with E-state index in [2.05, 4.69) is 71.1 Å². The molecule has 6 heteroatoms. The molecule has 0 aliphatic carbocycles. The topological polar surface area (TPSA) is 64.9 Å². The highest BCUT2D eigenvalue weighted by Gasteiger charge is 2.05. The van der Waals surface area contributed by atoms with Crippen molar-refractivity contribution in [2.45, 2.75) is 46.4 Å². The van der Waals surface area contributed by atoms with Crippen LogP contribution in [0.2, 0.25) is 0 Å². The summed E-state index contributed by atoms with van der Waals surface area (Å²) in [6.07, 6.45) is 2.18. The summed E-state index contributed by atoms with van der Waals surface area (Å²) in [7, 11) is 0. The first-order valence-electron chi connectivity index (χ1n) is 9.02. The van der Waals surface area contributed by atoms with Crippen LogP contribution in [-0.4, -0.2) is 20.2 Å². The Hall–Kier alpha value is -2.89. The molecular weight excluding hydrogens is 326 g/mol. The van der Waals surface area contributed by atoms with Crippen LogP contribution >= 0.6 is 0 Å². The molecule has 0 unspecified atom stereocenters. The molecule has 0 amide bonds. The number of nitrogens with zero attached hydrogens (tertiary/aromatic N) is 4. The number of aromatic nitrogens is 4. The van der Waals surface area contributed by atoms with E-state index in [4.69, 9.17) is 4.74 Å². The van der Waals surface area contributed by atoms with E-state index in [0.29, 0.717) is 19.1 Å². The Balaban J connectivity index is 1.51.